The molecule has 0 atom stereocenters. The molecule has 37 heavy (non-hydrogen) atoms. The highest BCUT2D eigenvalue weighted by Gasteiger charge is 2.22. The van der Waals surface area contributed by atoms with E-state index in [1.165, 1.54) is 5.56 Å². The van der Waals surface area contributed by atoms with Gasteiger partial charge in [0.2, 0.25) is 5.91 Å². The third-order valence-corrected chi connectivity index (χ3v) is 8.17. The summed E-state index contributed by atoms with van der Waals surface area (Å²) < 4.78 is 13.5. The highest BCUT2D eigenvalue weighted by molar-refractivity contribution is 9.10. The summed E-state index contributed by atoms with van der Waals surface area (Å²) in [6, 6.07) is 13.7. The SMILES string of the molecule is O=C(Cc1cc2cc(Br)ccc2oc1=O)NC1CCN(Cc2ccc(OC3CCNCC3)c(Br)c2)CC1. The average molecular weight is 633 g/mol. The van der Waals surface area contributed by atoms with Gasteiger partial charge in [-0.15, -0.1) is 0 Å². The van der Waals surface area contributed by atoms with E-state index >= 15 is 0 Å². The van der Waals surface area contributed by atoms with E-state index in [0.717, 1.165) is 78.5 Å². The van der Waals surface area contributed by atoms with Gasteiger partial charge in [0.05, 0.1) is 10.9 Å². The lowest BCUT2D eigenvalue weighted by molar-refractivity contribution is -0.121. The van der Waals surface area contributed by atoms with E-state index in [0.29, 0.717) is 11.1 Å². The van der Waals surface area contributed by atoms with Gasteiger partial charge in [-0.3, -0.25) is 9.69 Å². The zero-order chi connectivity index (χ0) is 25.8. The molecule has 0 saturated carbocycles. The van der Waals surface area contributed by atoms with Crippen molar-refractivity contribution in [1.29, 1.82) is 0 Å². The van der Waals surface area contributed by atoms with Crippen LogP contribution in [0.25, 0.3) is 11.0 Å². The fourth-order valence-electron chi connectivity index (χ4n) is 5.04. The zero-order valence-electron chi connectivity index (χ0n) is 20.6. The Morgan fingerprint density at radius 1 is 1.05 bits per heavy atom. The average Bonchev–Trinajstić information content (AvgIpc) is 2.88. The number of nitrogens with zero attached hydrogens (tertiary/aromatic N) is 1. The predicted octanol–water partition coefficient (Wildman–Crippen LogP) is 4.77. The molecule has 2 aliphatic heterocycles. The Hall–Kier alpha value is -2.20. The maximum absolute atomic E-state index is 12.7. The number of amides is 1. The van der Waals surface area contributed by atoms with Crippen molar-refractivity contribution in [2.24, 2.45) is 0 Å². The molecule has 7 nitrogen and oxygen atoms in total. The molecule has 2 aromatic carbocycles. The summed E-state index contributed by atoms with van der Waals surface area (Å²) in [6.07, 6.45) is 4.12. The lowest BCUT2D eigenvalue weighted by atomic mass is 10.0. The highest BCUT2D eigenvalue weighted by Crippen LogP contribution is 2.29. The molecule has 9 heteroatoms. The fraction of sp³-hybridized carbons (Fsp3) is 0.429. The summed E-state index contributed by atoms with van der Waals surface area (Å²) in [5, 5.41) is 7.27. The Morgan fingerprint density at radius 3 is 2.59 bits per heavy atom. The molecule has 196 valence electrons. The van der Waals surface area contributed by atoms with Gasteiger partial charge >= 0.3 is 5.63 Å². The Morgan fingerprint density at radius 2 is 1.84 bits per heavy atom. The van der Waals surface area contributed by atoms with Crippen LogP contribution in [-0.4, -0.2) is 49.1 Å². The first-order valence-corrected chi connectivity index (χ1v) is 14.4. The summed E-state index contributed by atoms with van der Waals surface area (Å²) in [5.41, 5.74) is 1.67. The van der Waals surface area contributed by atoms with Crippen LogP contribution in [0.4, 0.5) is 0 Å². The van der Waals surface area contributed by atoms with E-state index in [4.69, 9.17) is 9.15 Å². The molecule has 5 rings (SSSR count). The molecule has 0 radical (unpaired) electrons. The second kappa shape index (κ2) is 12.1. The maximum Gasteiger partial charge on any atom is 0.339 e. The van der Waals surface area contributed by atoms with Crippen LogP contribution in [0.3, 0.4) is 0 Å². The van der Waals surface area contributed by atoms with Crippen LogP contribution < -0.4 is 21.0 Å². The Labute approximate surface area is 233 Å². The minimum atomic E-state index is -0.460. The second-order valence-electron chi connectivity index (χ2n) is 9.87. The van der Waals surface area contributed by atoms with Gasteiger partial charge in [0, 0.05) is 41.1 Å². The van der Waals surface area contributed by atoms with Gasteiger partial charge in [0.15, 0.2) is 0 Å². The first kappa shape index (κ1) is 26.4. The van der Waals surface area contributed by atoms with Crippen molar-refractivity contribution in [2.45, 2.75) is 50.8 Å². The number of piperidine rings is 2. The normalized spacial score (nSPS) is 17.7. The molecule has 0 bridgehead atoms. The van der Waals surface area contributed by atoms with Gasteiger partial charge < -0.3 is 19.8 Å². The van der Waals surface area contributed by atoms with Crippen molar-refractivity contribution in [3.05, 3.63) is 73.0 Å². The van der Waals surface area contributed by atoms with Crippen molar-refractivity contribution in [3.63, 3.8) is 0 Å². The van der Waals surface area contributed by atoms with Gasteiger partial charge in [-0.1, -0.05) is 22.0 Å². The van der Waals surface area contributed by atoms with E-state index in [-0.39, 0.29) is 24.5 Å². The lowest BCUT2D eigenvalue weighted by Crippen LogP contribution is -2.45. The molecule has 0 spiro atoms. The molecule has 2 N–H and O–H groups in total. The number of halogens is 2. The van der Waals surface area contributed by atoms with Crippen LogP contribution in [0.1, 0.15) is 36.8 Å². The summed E-state index contributed by atoms with van der Waals surface area (Å²) in [6.45, 7) is 4.69. The van der Waals surface area contributed by atoms with Crippen LogP contribution in [-0.2, 0) is 17.8 Å². The number of ether oxygens (including phenoxy) is 1. The number of likely N-dealkylation sites (tertiary alicyclic amines) is 1. The molecular weight excluding hydrogens is 602 g/mol. The Bertz CT molecular complexity index is 1310. The minimum Gasteiger partial charge on any atom is -0.489 e. The van der Waals surface area contributed by atoms with Gasteiger partial charge in [-0.25, -0.2) is 4.79 Å². The van der Waals surface area contributed by atoms with Crippen molar-refractivity contribution in [3.8, 4) is 5.75 Å². The molecule has 3 heterocycles. The first-order valence-electron chi connectivity index (χ1n) is 12.8. The minimum absolute atomic E-state index is 0.0187. The molecular formula is C28H31Br2N3O4. The molecule has 1 aromatic heterocycles. The smallest absolute Gasteiger partial charge is 0.339 e. The number of carbonyl (C=O) groups is 1. The number of rotatable bonds is 7. The van der Waals surface area contributed by atoms with Crippen molar-refractivity contribution < 1.29 is 13.9 Å². The summed E-state index contributed by atoms with van der Waals surface area (Å²) in [5.74, 6) is 0.763. The van der Waals surface area contributed by atoms with Gasteiger partial charge in [-0.2, -0.15) is 0 Å². The third kappa shape index (κ3) is 7.02. The van der Waals surface area contributed by atoms with Crippen LogP contribution in [0.2, 0.25) is 0 Å². The van der Waals surface area contributed by atoms with E-state index in [1.54, 1.807) is 12.1 Å². The van der Waals surface area contributed by atoms with Gasteiger partial charge in [-0.05, 0) is 96.7 Å². The van der Waals surface area contributed by atoms with Crippen LogP contribution in [0, 0.1) is 0 Å². The van der Waals surface area contributed by atoms with Crippen LogP contribution in [0.5, 0.6) is 5.75 Å². The predicted molar refractivity (Wildman–Crippen MR) is 151 cm³/mol. The largest absolute Gasteiger partial charge is 0.489 e. The van der Waals surface area contributed by atoms with Crippen LogP contribution >= 0.6 is 31.9 Å². The molecule has 2 saturated heterocycles. The standard InChI is InChI=1S/C28H31Br2N3O4/c29-21-2-4-25-19(15-21)14-20(28(35)37-25)16-27(34)32-22-7-11-33(12-8-22)17-18-1-3-26(24(30)13-18)36-23-5-9-31-10-6-23/h1-4,13-15,22-23,31H,5-12,16-17H2,(H,32,34). The number of carbonyl (C=O) groups excluding carboxylic acids is 1. The van der Waals surface area contributed by atoms with Crippen molar-refractivity contribution >= 4 is 48.7 Å². The van der Waals surface area contributed by atoms with E-state index < -0.39 is 5.63 Å². The lowest BCUT2D eigenvalue weighted by Gasteiger charge is -2.32. The van der Waals surface area contributed by atoms with Gasteiger partial charge in [0.25, 0.3) is 0 Å². The first-order chi connectivity index (χ1) is 17.9. The third-order valence-electron chi connectivity index (χ3n) is 7.05. The molecule has 2 aliphatic rings. The molecule has 0 aliphatic carbocycles. The fourth-order valence-corrected chi connectivity index (χ4v) is 5.94. The number of benzene rings is 2. The number of hydrogen-bond donors (Lipinski definition) is 2. The zero-order valence-corrected chi connectivity index (χ0v) is 23.8. The number of fused-ring (bicyclic) bond motifs is 1. The highest BCUT2D eigenvalue weighted by atomic mass is 79.9. The monoisotopic (exact) mass is 631 g/mol. The summed E-state index contributed by atoms with van der Waals surface area (Å²) in [7, 11) is 0. The molecule has 2 fully saturated rings. The quantitative estimate of drug-likeness (QED) is 0.365. The van der Waals surface area contributed by atoms with Crippen LogP contribution in [0.15, 0.2) is 60.6 Å². The van der Waals surface area contributed by atoms with Gasteiger partial charge in [0.1, 0.15) is 17.4 Å². The summed E-state index contributed by atoms with van der Waals surface area (Å²) >= 11 is 7.12. The van der Waals surface area contributed by atoms with E-state index in [9.17, 15) is 9.59 Å². The Kier molecular flexibility index (Phi) is 8.64. The molecule has 0 unspecified atom stereocenters. The topological polar surface area (TPSA) is 83.8 Å². The number of hydrogen-bond acceptors (Lipinski definition) is 6. The second-order valence-corrected chi connectivity index (χ2v) is 11.6. The maximum atomic E-state index is 12.7. The molecule has 1 amide bonds. The van der Waals surface area contributed by atoms with Crippen molar-refractivity contribution in [2.75, 3.05) is 26.2 Å². The summed E-state index contributed by atoms with van der Waals surface area (Å²) in [4.78, 5) is 27.4. The molecule has 3 aromatic rings. The number of nitrogens with one attached hydrogen (secondary N) is 2. The van der Waals surface area contributed by atoms with E-state index in [2.05, 4.69) is 65.6 Å². The van der Waals surface area contributed by atoms with E-state index in [1.807, 2.05) is 12.1 Å². The van der Waals surface area contributed by atoms with Crippen molar-refractivity contribution in [1.82, 2.24) is 15.5 Å². The Balaban J connectivity index is 1.10.